The average molecular weight is 393 g/mol. The van der Waals surface area contributed by atoms with Crippen LogP contribution in [0.5, 0.6) is 0 Å². The Morgan fingerprint density at radius 3 is 2.79 bits per heavy atom. The highest BCUT2D eigenvalue weighted by Crippen LogP contribution is 2.23. The molecule has 0 saturated carbocycles. The molecule has 3 heterocycles. The highest BCUT2D eigenvalue weighted by Gasteiger charge is 2.16. The fourth-order valence-corrected chi connectivity index (χ4v) is 3.78. The van der Waals surface area contributed by atoms with Crippen LogP contribution in [0.1, 0.15) is 24.7 Å². The predicted molar refractivity (Wildman–Crippen MR) is 108 cm³/mol. The van der Waals surface area contributed by atoms with Crippen molar-refractivity contribution in [1.29, 1.82) is 0 Å². The maximum atomic E-state index is 13.2. The Hall–Kier alpha value is -3.07. The first-order valence-corrected chi connectivity index (χ1v) is 9.98. The molecule has 9 heteroatoms. The zero-order valence-corrected chi connectivity index (χ0v) is 16.4. The molecule has 0 amide bonds. The van der Waals surface area contributed by atoms with Gasteiger partial charge in [0.15, 0.2) is 11.0 Å². The van der Waals surface area contributed by atoms with Gasteiger partial charge in [-0.2, -0.15) is 0 Å². The van der Waals surface area contributed by atoms with E-state index in [0.29, 0.717) is 27.6 Å². The van der Waals surface area contributed by atoms with E-state index in [2.05, 4.69) is 27.4 Å². The number of hydrogen-bond donors (Lipinski definition) is 0. The lowest BCUT2D eigenvalue weighted by atomic mass is 10.2. The minimum Gasteiger partial charge on any atom is -0.268 e. The van der Waals surface area contributed by atoms with Gasteiger partial charge in [0.25, 0.3) is 5.56 Å². The van der Waals surface area contributed by atoms with Gasteiger partial charge in [-0.1, -0.05) is 36.9 Å². The molecule has 0 unspecified atom stereocenters. The number of fused-ring (bicyclic) bond motifs is 1. The monoisotopic (exact) mass is 393 g/mol. The Kier molecular flexibility index (Phi) is 5.16. The highest BCUT2D eigenvalue weighted by atomic mass is 32.2. The maximum absolute atomic E-state index is 13.2. The summed E-state index contributed by atoms with van der Waals surface area (Å²) < 4.78 is 3.33. The summed E-state index contributed by atoms with van der Waals surface area (Å²) in [7, 11) is 0. The average Bonchev–Trinajstić information content (AvgIpc) is 3.15. The summed E-state index contributed by atoms with van der Waals surface area (Å²) in [4.78, 5) is 22.3. The SMILES string of the molecule is CCCn1nnnc1CSc1nc2ccccc2c(=O)n1-c1ccc(C)cn1. The molecule has 8 nitrogen and oxygen atoms in total. The molecule has 0 fully saturated rings. The molecule has 0 aliphatic carbocycles. The number of rotatable bonds is 6. The molecular weight excluding hydrogens is 374 g/mol. The van der Waals surface area contributed by atoms with Crippen molar-refractivity contribution in [2.45, 2.75) is 37.7 Å². The molecule has 0 spiro atoms. The van der Waals surface area contributed by atoms with E-state index in [1.165, 1.54) is 11.8 Å². The quantitative estimate of drug-likeness (QED) is 0.367. The van der Waals surface area contributed by atoms with Gasteiger partial charge in [0.1, 0.15) is 5.82 Å². The second kappa shape index (κ2) is 7.89. The summed E-state index contributed by atoms with van der Waals surface area (Å²) in [6.45, 7) is 4.78. The lowest BCUT2D eigenvalue weighted by Gasteiger charge is -2.12. The number of thioether (sulfide) groups is 1. The van der Waals surface area contributed by atoms with E-state index >= 15 is 0 Å². The van der Waals surface area contributed by atoms with Crippen LogP contribution in [-0.4, -0.2) is 34.7 Å². The minimum absolute atomic E-state index is 0.141. The first kappa shape index (κ1) is 18.3. The summed E-state index contributed by atoms with van der Waals surface area (Å²) in [6, 6.07) is 11.1. The van der Waals surface area contributed by atoms with Crippen molar-refractivity contribution in [1.82, 2.24) is 34.7 Å². The van der Waals surface area contributed by atoms with Crippen molar-refractivity contribution in [3.05, 3.63) is 64.3 Å². The highest BCUT2D eigenvalue weighted by molar-refractivity contribution is 7.98. The van der Waals surface area contributed by atoms with Crippen LogP contribution in [0.2, 0.25) is 0 Å². The van der Waals surface area contributed by atoms with Crippen LogP contribution in [-0.2, 0) is 12.3 Å². The fraction of sp³-hybridized carbons (Fsp3) is 0.263. The van der Waals surface area contributed by atoms with Gasteiger partial charge in [-0.3, -0.25) is 4.79 Å². The van der Waals surface area contributed by atoms with Crippen LogP contribution >= 0.6 is 11.8 Å². The number of para-hydroxylation sites is 1. The van der Waals surface area contributed by atoms with Crippen molar-refractivity contribution in [3.8, 4) is 5.82 Å². The van der Waals surface area contributed by atoms with E-state index in [4.69, 9.17) is 4.98 Å². The van der Waals surface area contributed by atoms with Gasteiger partial charge in [0.05, 0.1) is 16.7 Å². The molecule has 0 aliphatic heterocycles. The normalized spacial score (nSPS) is 11.2. The number of benzene rings is 1. The van der Waals surface area contributed by atoms with Crippen molar-refractivity contribution in [2.24, 2.45) is 0 Å². The summed E-state index contributed by atoms with van der Waals surface area (Å²) in [5.41, 5.74) is 1.54. The van der Waals surface area contributed by atoms with Gasteiger partial charge >= 0.3 is 0 Å². The molecule has 0 saturated heterocycles. The molecule has 0 radical (unpaired) electrons. The Labute approximate surface area is 165 Å². The number of aromatic nitrogens is 7. The zero-order valence-electron chi connectivity index (χ0n) is 15.6. The van der Waals surface area contributed by atoms with Gasteiger partial charge < -0.3 is 0 Å². The summed E-state index contributed by atoms with van der Waals surface area (Å²) in [6.07, 6.45) is 2.68. The number of aryl methyl sites for hydroxylation is 2. The Morgan fingerprint density at radius 2 is 2.00 bits per heavy atom. The van der Waals surface area contributed by atoms with E-state index in [1.54, 1.807) is 21.5 Å². The van der Waals surface area contributed by atoms with E-state index in [0.717, 1.165) is 24.4 Å². The zero-order chi connectivity index (χ0) is 19.5. The minimum atomic E-state index is -0.141. The van der Waals surface area contributed by atoms with Gasteiger partial charge in [-0.05, 0) is 47.5 Å². The van der Waals surface area contributed by atoms with Crippen LogP contribution in [0, 0.1) is 6.92 Å². The topological polar surface area (TPSA) is 91.4 Å². The molecule has 0 atom stereocenters. The molecule has 4 aromatic rings. The second-order valence-corrected chi connectivity index (χ2v) is 7.30. The molecule has 0 N–H and O–H groups in total. The van der Waals surface area contributed by atoms with Crippen LogP contribution < -0.4 is 5.56 Å². The van der Waals surface area contributed by atoms with Gasteiger partial charge in [-0.25, -0.2) is 19.2 Å². The molecule has 28 heavy (non-hydrogen) atoms. The van der Waals surface area contributed by atoms with E-state index in [9.17, 15) is 4.79 Å². The largest absolute Gasteiger partial charge is 0.268 e. The van der Waals surface area contributed by atoms with Crippen LogP contribution in [0.25, 0.3) is 16.7 Å². The molecule has 4 rings (SSSR count). The summed E-state index contributed by atoms with van der Waals surface area (Å²) >= 11 is 1.42. The van der Waals surface area contributed by atoms with E-state index in [-0.39, 0.29) is 5.56 Å². The Bertz CT molecular complexity index is 1170. The Balaban J connectivity index is 1.79. The van der Waals surface area contributed by atoms with Crippen LogP contribution in [0.15, 0.2) is 52.5 Å². The predicted octanol–water partition coefficient (Wildman–Crippen LogP) is 2.78. The fourth-order valence-electron chi connectivity index (χ4n) is 2.84. The van der Waals surface area contributed by atoms with Crippen molar-refractivity contribution < 1.29 is 0 Å². The first-order valence-electron chi connectivity index (χ1n) is 9.00. The first-order chi connectivity index (χ1) is 13.7. The van der Waals surface area contributed by atoms with Crippen molar-refractivity contribution in [2.75, 3.05) is 0 Å². The lowest BCUT2D eigenvalue weighted by Crippen LogP contribution is -2.22. The molecule has 0 bridgehead atoms. The third-order valence-electron chi connectivity index (χ3n) is 4.24. The van der Waals surface area contributed by atoms with E-state index < -0.39 is 0 Å². The molecular formula is C19H19N7OS. The van der Waals surface area contributed by atoms with Crippen molar-refractivity contribution >= 4 is 22.7 Å². The van der Waals surface area contributed by atoms with E-state index in [1.807, 2.05) is 37.3 Å². The lowest BCUT2D eigenvalue weighted by molar-refractivity contribution is 0.564. The van der Waals surface area contributed by atoms with Crippen LogP contribution in [0.3, 0.4) is 0 Å². The number of tetrazole rings is 1. The second-order valence-electron chi connectivity index (χ2n) is 6.35. The number of nitrogens with zero attached hydrogens (tertiary/aromatic N) is 7. The molecule has 0 aliphatic rings. The van der Waals surface area contributed by atoms with Gasteiger partial charge in [-0.15, -0.1) is 5.10 Å². The Morgan fingerprint density at radius 1 is 1.14 bits per heavy atom. The molecule has 142 valence electrons. The van der Waals surface area contributed by atoms with Crippen LogP contribution in [0.4, 0.5) is 0 Å². The summed E-state index contributed by atoms with van der Waals surface area (Å²) in [5.74, 6) is 1.80. The maximum Gasteiger partial charge on any atom is 0.267 e. The third kappa shape index (κ3) is 3.53. The number of hydrogen-bond acceptors (Lipinski definition) is 7. The van der Waals surface area contributed by atoms with Gasteiger partial charge in [0, 0.05) is 12.7 Å². The van der Waals surface area contributed by atoms with Crippen molar-refractivity contribution in [3.63, 3.8) is 0 Å². The number of pyridine rings is 1. The third-order valence-corrected chi connectivity index (χ3v) is 5.18. The molecule has 1 aromatic carbocycles. The summed E-state index contributed by atoms with van der Waals surface area (Å²) in [5, 5.41) is 13.0. The smallest absolute Gasteiger partial charge is 0.267 e. The van der Waals surface area contributed by atoms with Gasteiger partial charge in [0.2, 0.25) is 0 Å². The standard InChI is InChI=1S/C19H19N7OS/c1-3-10-25-17(22-23-24-25)12-28-19-21-15-7-5-4-6-14(15)18(27)26(19)16-9-8-13(2)11-20-16/h4-9,11H,3,10,12H2,1-2H3. The molecule has 3 aromatic heterocycles.